The van der Waals surface area contributed by atoms with E-state index in [0.717, 1.165) is 0 Å². The Kier molecular flexibility index (Phi) is 4.66. The molecule has 1 aliphatic heterocycles. The summed E-state index contributed by atoms with van der Waals surface area (Å²) in [6, 6.07) is 11.3. The van der Waals surface area contributed by atoms with Crippen molar-refractivity contribution in [1.82, 2.24) is 0 Å². The Morgan fingerprint density at radius 1 is 1.25 bits per heavy atom. The minimum atomic E-state index is -0.710. The molecule has 5 nitrogen and oxygen atoms in total. The Balaban J connectivity index is 1.80. The van der Waals surface area contributed by atoms with E-state index < -0.39 is 11.7 Å². The maximum atomic E-state index is 13.9. The van der Waals surface area contributed by atoms with Gasteiger partial charge in [0.15, 0.2) is 5.82 Å². The number of hydrogen-bond donors (Lipinski definition) is 1. The fourth-order valence-corrected chi connectivity index (χ4v) is 2.60. The van der Waals surface area contributed by atoms with Crippen molar-refractivity contribution >= 4 is 34.8 Å². The standard InChI is InChI=1S/C17H14ClFN2O3/c18-11-4-3-5-12(17(11)19)20-15(22)10-21-13-6-1-2-7-14(13)24-9-8-16(21)23/h1-7H,8-10H2,(H,20,22). The Hall–Kier alpha value is -2.60. The van der Waals surface area contributed by atoms with Crippen LogP contribution < -0.4 is 15.0 Å². The summed E-state index contributed by atoms with van der Waals surface area (Å²) < 4.78 is 19.4. The van der Waals surface area contributed by atoms with Crippen molar-refractivity contribution in [3.05, 3.63) is 53.3 Å². The van der Waals surface area contributed by atoms with E-state index in [2.05, 4.69) is 5.32 Å². The second-order valence-electron chi connectivity index (χ2n) is 5.20. The maximum Gasteiger partial charge on any atom is 0.244 e. The van der Waals surface area contributed by atoms with E-state index >= 15 is 0 Å². The minimum absolute atomic E-state index is 0.0284. The number of ether oxygens (including phenoxy) is 1. The van der Waals surface area contributed by atoms with Gasteiger partial charge in [0.2, 0.25) is 11.8 Å². The lowest BCUT2D eigenvalue weighted by Crippen LogP contribution is -2.37. The van der Waals surface area contributed by atoms with Crippen molar-refractivity contribution in [1.29, 1.82) is 0 Å². The Morgan fingerprint density at radius 3 is 2.88 bits per heavy atom. The van der Waals surface area contributed by atoms with Gasteiger partial charge >= 0.3 is 0 Å². The van der Waals surface area contributed by atoms with Crippen molar-refractivity contribution in [2.45, 2.75) is 6.42 Å². The van der Waals surface area contributed by atoms with Gasteiger partial charge in [0, 0.05) is 0 Å². The summed E-state index contributed by atoms with van der Waals surface area (Å²) in [4.78, 5) is 25.8. The molecule has 124 valence electrons. The number of benzene rings is 2. The van der Waals surface area contributed by atoms with Crippen molar-refractivity contribution in [2.24, 2.45) is 0 Å². The maximum absolute atomic E-state index is 13.9. The molecule has 3 rings (SSSR count). The van der Waals surface area contributed by atoms with Crippen LogP contribution in [-0.4, -0.2) is 25.0 Å². The van der Waals surface area contributed by atoms with Crippen LogP contribution in [0.15, 0.2) is 42.5 Å². The van der Waals surface area contributed by atoms with Gasteiger partial charge in [-0.15, -0.1) is 0 Å². The predicted molar refractivity (Wildman–Crippen MR) is 88.9 cm³/mol. The SMILES string of the molecule is O=C(CN1C(=O)CCOc2ccccc21)Nc1cccc(Cl)c1F. The molecule has 0 aliphatic carbocycles. The van der Waals surface area contributed by atoms with Crippen LogP contribution in [0.4, 0.5) is 15.8 Å². The highest BCUT2D eigenvalue weighted by atomic mass is 35.5. The van der Waals surface area contributed by atoms with Crippen LogP contribution in [0.3, 0.4) is 0 Å². The molecule has 0 unspecified atom stereocenters. The molecule has 24 heavy (non-hydrogen) atoms. The highest BCUT2D eigenvalue weighted by molar-refractivity contribution is 6.31. The van der Waals surface area contributed by atoms with Gasteiger partial charge < -0.3 is 10.1 Å². The molecule has 2 aromatic rings. The van der Waals surface area contributed by atoms with Gasteiger partial charge in [-0.25, -0.2) is 4.39 Å². The lowest BCUT2D eigenvalue weighted by atomic mass is 10.2. The summed E-state index contributed by atoms with van der Waals surface area (Å²) in [5, 5.41) is 2.35. The first kappa shape index (κ1) is 16.3. The number of halogens is 2. The molecule has 0 bridgehead atoms. The van der Waals surface area contributed by atoms with E-state index in [0.29, 0.717) is 11.4 Å². The molecule has 0 fully saturated rings. The third-order valence-electron chi connectivity index (χ3n) is 3.56. The summed E-state index contributed by atoms with van der Waals surface area (Å²) in [6.45, 7) is 0.00203. The summed E-state index contributed by atoms with van der Waals surface area (Å²) >= 11 is 5.69. The van der Waals surface area contributed by atoms with E-state index in [1.54, 1.807) is 24.3 Å². The molecule has 0 saturated heterocycles. The van der Waals surface area contributed by atoms with Gasteiger partial charge in [-0.1, -0.05) is 29.8 Å². The number of para-hydroxylation sites is 2. The number of anilines is 2. The second-order valence-corrected chi connectivity index (χ2v) is 5.60. The molecule has 2 amide bonds. The first-order valence-electron chi connectivity index (χ1n) is 7.32. The number of nitrogens with one attached hydrogen (secondary N) is 1. The van der Waals surface area contributed by atoms with Crippen molar-refractivity contribution in [2.75, 3.05) is 23.4 Å². The average Bonchev–Trinajstić information content (AvgIpc) is 2.72. The molecule has 0 atom stereocenters. The number of carbonyl (C=O) groups excluding carboxylic acids is 2. The zero-order chi connectivity index (χ0) is 17.1. The lowest BCUT2D eigenvalue weighted by molar-refractivity contribution is -0.121. The third-order valence-corrected chi connectivity index (χ3v) is 3.85. The van der Waals surface area contributed by atoms with Crippen LogP contribution in [0.2, 0.25) is 5.02 Å². The minimum Gasteiger partial charge on any atom is -0.491 e. The lowest BCUT2D eigenvalue weighted by Gasteiger charge is -2.21. The van der Waals surface area contributed by atoms with Gasteiger partial charge in [-0.3, -0.25) is 14.5 Å². The van der Waals surface area contributed by atoms with Gasteiger partial charge in [0.25, 0.3) is 0 Å². The molecule has 0 aromatic heterocycles. The number of rotatable bonds is 3. The summed E-state index contributed by atoms with van der Waals surface area (Å²) in [6.07, 6.45) is 0.160. The first-order valence-corrected chi connectivity index (χ1v) is 7.70. The van der Waals surface area contributed by atoms with E-state index in [-0.39, 0.29) is 36.2 Å². The van der Waals surface area contributed by atoms with Crippen LogP contribution in [0.5, 0.6) is 5.75 Å². The fourth-order valence-electron chi connectivity index (χ4n) is 2.43. The monoisotopic (exact) mass is 348 g/mol. The molecule has 7 heteroatoms. The van der Waals surface area contributed by atoms with E-state index in [9.17, 15) is 14.0 Å². The van der Waals surface area contributed by atoms with E-state index in [4.69, 9.17) is 16.3 Å². The van der Waals surface area contributed by atoms with Crippen molar-refractivity contribution in [3.8, 4) is 5.75 Å². The van der Waals surface area contributed by atoms with Crippen molar-refractivity contribution < 1.29 is 18.7 Å². The quantitative estimate of drug-likeness (QED) is 0.926. The average molecular weight is 349 g/mol. The molecular formula is C17H14ClFN2O3. The van der Waals surface area contributed by atoms with E-state index in [1.807, 2.05) is 0 Å². The Bertz CT molecular complexity index is 797. The second kappa shape index (κ2) is 6.88. The zero-order valence-corrected chi connectivity index (χ0v) is 13.3. The molecule has 2 aromatic carbocycles. The molecule has 0 saturated carbocycles. The van der Waals surface area contributed by atoms with Crippen LogP contribution >= 0.6 is 11.6 Å². The summed E-state index contributed by atoms with van der Waals surface area (Å²) in [5.74, 6) is -0.939. The van der Waals surface area contributed by atoms with Crippen LogP contribution in [0.1, 0.15) is 6.42 Å². The van der Waals surface area contributed by atoms with Gasteiger partial charge in [0.1, 0.15) is 12.3 Å². The van der Waals surface area contributed by atoms with Crippen molar-refractivity contribution in [3.63, 3.8) is 0 Å². The molecule has 0 spiro atoms. The fraction of sp³-hybridized carbons (Fsp3) is 0.176. The molecule has 1 aliphatic rings. The Morgan fingerprint density at radius 2 is 2.04 bits per heavy atom. The molecule has 1 N–H and O–H groups in total. The Labute approximate surface area is 143 Å². The third kappa shape index (κ3) is 3.33. The number of hydrogen-bond acceptors (Lipinski definition) is 3. The zero-order valence-electron chi connectivity index (χ0n) is 12.6. The van der Waals surface area contributed by atoms with Crippen LogP contribution in [-0.2, 0) is 9.59 Å². The van der Waals surface area contributed by atoms with Gasteiger partial charge in [-0.05, 0) is 24.3 Å². The van der Waals surface area contributed by atoms with Crippen LogP contribution in [0, 0.1) is 5.82 Å². The first-order chi connectivity index (χ1) is 11.6. The summed E-state index contributed by atoms with van der Waals surface area (Å²) in [7, 11) is 0. The smallest absolute Gasteiger partial charge is 0.244 e. The largest absolute Gasteiger partial charge is 0.491 e. The number of amides is 2. The van der Waals surface area contributed by atoms with E-state index in [1.165, 1.54) is 23.1 Å². The number of nitrogens with zero attached hydrogens (tertiary/aromatic N) is 1. The topological polar surface area (TPSA) is 58.6 Å². The molecule has 0 radical (unpaired) electrons. The van der Waals surface area contributed by atoms with Crippen LogP contribution in [0.25, 0.3) is 0 Å². The highest BCUT2D eigenvalue weighted by Gasteiger charge is 2.25. The van der Waals surface area contributed by atoms with Gasteiger partial charge in [-0.2, -0.15) is 0 Å². The number of fused-ring (bicyclic) bond motifs is 1. The number of carbonyl (C=O) groups is 2. The van der Waals surface area contributed by atoms with Gasteiger partial charge in [0.05, 0.1) is 29.4 Å². The molecule has 1 heterocycles. The highest BCUT2D eigenvalue weighted by Crippen LogP contribution is 2.31. The predicted octanol–water partition coefficient (Wildman–Crippen LogP) is 3.23. The normalized spacial score (nSPS) is 13.8. The summed E-state index contributed by atoms with van der Waals surface area (Å²) in [5.41, 5.74) is 0.487. The molecular weight excluding hydrogens is 335 g/mol.